The molecule has 2 N–H and O–H groups in total. The minimum atomic E-state index is 0.217. The molecule has 1 aromatic carbocycles. The lowest BCUT2D eigenvalue weighted by Crippen LogP contribution is -2.33. The van der Waals surface area contributed by atoms with Gasteiger partial charge in [-0.05, 0) is 56.2 Å². The number of nitrogens with one attached hydrogen (secondary N) is 2. The molecule has 1 heterocycles. The second-order valence-corrected chi connectivity index (χ2v) is 6.21. The van der Waals surface area contributed by atoms with E-state index in [1.165, 1.54) is 18.4 Å². The van der Waals surface area contributed by atoms with Gasteiger partial charge in [0.1, 0.15) is 0 Å². The van der Waals surface area contributed by atoms with E-state index < -0.39 is 0 Å². The Morgan fingerprint density at radius 2 is 2.00 bits per heavy atom. The van der Waals surface area contributed by atoms with E-state index in [9.17, 15) is 4.79 Å². The molecule has 0 spiro atoms. The number of hydrogen-bond donors (Lipinski definition) is 2. The molecule has 1 atom stereocenters. The summed E-state index contributed by atoms with van der Waals surface area (Å²) in [4.78, 5) is 12.0. The molecule has 1 fully saturated rings. The monoisotopic (exact) mass is 288 g/mol. The average Bonchev–Trinajstić information content (AvgIpc) is 2.53. The van der Waals surface area contributed by atoms with E-state index in [0.29, 0.717) is 18.3 Å². The molecule has 0 radical (unpaired) electrons. The maximum atomic E-state index is 12.0. The van der Waals surface area contributed by atoms with Gasteiger partial charge in [-0.25, -0.2) is 0 Å². The third kappa shape index (κ3) is 5.88. The zero-order chi connectivity index (χ0) is 14.9. The predicted octanol–water partition coefficient (Wildman–Crippen LogP) is 2.76. The molecule has 1 aliphatic heterocycles. The van der Waals surface area contributed by atoms with E-state index >= 15 is 0 Å². The third-order valence-corrected chi connectivity index (χ3v) is 4.50. The van der Waals surface area contributed by atoms with Crippen molar-refractivity contribution in [3.63, 3.8) is 0 Å². The van der Waals surface area contributed by atoms with Gasteiger partial charge >= 0.3 is 0 Å². The zero-order valence-electron chi connectivity index (χ0n) is 13.1. The highest BCUT2D eigenvalue weighted by Crippen LogP contribution is 2.24. The largest absolute Gasteiger partial charge is 0.356 e. The van der Waals surface area contributed by atoms with Crippen molar-refractivity contribution < 1.29 is 4.79 Å². The Hall–Kier alpha value is -1.35. The molecule has 116 valence electrons. The molecule has 0 saturated carbocycles. The van der Waals surface area contributed by atoms with Gasteiger partial charge in [-0.3, -0.25) is 4.79 Å². The summed E-state index contributed by atoms with van der Waals surface area (Å²) in [6, 6.07) is 10.4. The van der Waals surface area contributed by atoms with Gasteiger partial charge in [0, 0.05) is 13.0 Å². The quantitative estimate of drug-likeness (QED) is 0.758. The number of carbonyl (C=O) groups excluding carboxylic acids is 1. The summed E-state index contributed by atoms with van der Waals surface area (Å²) < 4.78 is 0. The second-order valence-electron chi connectivity index (χ2n) is 6.21. The van der Waals surface area contributed by atoms with Crippen LogP contribution < -0.4 is 10.6 Å². The maximum absolute atomic E-state index is 12.0. The first-order chi connectivity index (χ1) is 10.3. The number of piperidine rings is 1. The Bertz CT molecular complexity index is 412. The predicted molar refractivity (Wildman–Crippen MR) is 87.1 cm³/mol. The Kier molecular flexibility index (Phi) is 6.74. The first kappa shape index (κ1) is 16.0. The summed E-state index contributed by atoms with van der Waals surface area (Å²) in [5, 5.41) is 6.45. The van der Waals surface area contributed by atoms with Crippen LogP contribution in [-0.4, -0.2) is 25.5 Å². The lowest BCUT2D eigenvalue weighted by Gasteiger charge is -2.27. The molecule has 1 aromatic rings. The van der Waals surface area contributed by atoms with Crippen molar-refractivity contribution >= 4 is 5.91 Å². The summed E-state index contributed by atoms with van der Waals surface area (Å²) in [6.45, 7) is 5.22. The summed E-state index contributed by atoms with van der Waals surface area (Å²) in [5.41, 5.74) is 1.34. The highest BCUT2D eigenvalue weighted by Gasteiger charge is 2.21. The van der Waals surface area contributed by atoms with Gasteiger partial charge in [-0.1, -0.05) is 37.3 Å². The molecule has 0 aliphatic carbocycles. The molecular formula is C18H28N2O. The Balaban J connectivity index is 1.58. The van der Waals surface area contributed by atoms with Crippen LogP contribution >= 0.6 is 0 Å². The summed E-state index contributed by atoms with van der Waals surface area (Å²) in [7, 11) is 0. The zero-order valence-corrected chi connectivity index (χ0v) is 13.1. The number of carbonyl (C=O) groups is 1. The van der Waals surface area contributed by atoms with Crippen molar-refractivity contribution in [2.45, 2.75) is 39.0 Å². The van der Waals surface area contributed by atoms with E-state index in [1.54, 1.807) is 0 Å². The number of rotatable bonds is 7. The van der Waals surface area contributed by atoms with Crippen LogP contribution in [0, 0.1) is 11.8 Å². The first-order valence-electron chi connectivity index (χ1n) is 8.27. The fourth-order valence-corrected chi connectivity index (χ4v) is 3.11. The fourth-order valence-electron chi connectivity index (χ4n) is 3.11. The van der Waals surface area contributed by atoms with Crippen LogP contribution in [0.5, 0.6) is 0 Å². The highest BCUT2D eigenvalue weighted by molar-refractivity contribution is 5.76. The van der Waals surface area contributed by atoms with Crippen LogP contribution in [0.25, 0.3) is 0 Å². The van der Waals surface area contributed by atoms with Gasteiger partial charge in [0.25, 0.3) is 0 Å². The van der Waals surface area contributed by atoms with Gasteiger partial charge in [0.05, 0.1) is 0 Å². The molecule has 3 heteroatoms. The molecule has 2 rings (SSSR count). The van der Waals surface area contributed by atoms with E-state index in [2.05, 4.69) is 41.8 Å². The molecule has 0 aromatic heterocycles. The fraction of sp³-hybridized carbons (Fsp3) is 0.611. The molecular weight excluding hydrogens is 260 g/mol. The topological polar surface area (TPSA) is 41.1 Å². The van der Waals surface area contributed by atoms with Crippen molar-refractivity contribution in [2.24, 2.45) is 11.8 Å². The molecule has 0 bridgehead atoms. The number of benzene rings is 1. The van der Waals surface area contributed by atoms with Gasteiger partial charge in [0.15, 0.2) is 0 Å². The van der Waals surface area contributed by atoms with Crippen LogP contribution in [-0.2, 0) is 11.2 Å². The number of aryl methyl sites for hydroxylation is 1. The summed E-state index contributed by atoms with van der Waals surface area (Å²) in [6.07, 6.45) is 5.14. The van der Waals surface area contributed by atoms with Crippen LogP contribution in [0.1, 0.15) is 38.2 Å². The standard InChI is InChI=1S/C18H28N2O/c1-15(17-9-12-19-13-10-17)14-18(21)20-11-5-8-16-6-3-2-4-7-16/h2-4,6-7,15,17,19H,5,8-14H2,1H3,(H,20,21). The van der Waals surface area contributed by atoms with Crippen molar-refractivity contribution in [3.8, 4) is 0 Å². The first-order valence-corrected chi connectivity index (χ1v) is 8.27. The molecule has 1 amide bonds. The summed E-state index contributed by atoms with van der Waals surface area (Å²) in [5.74, 6) is 1.43. The van der Waals surface area contributed by atoms with Gasteiger partial charge in [0.2, 0.25) is 5.91 Å². The minimum absolute atomic E-state index is 0.217. The van der Waals surface area contributed by atoms with E-state index in [1.807, 2.05) is 6.07 Å². The van der Waals surface area contributed by atoms with Crippen molar-refractivity contribution in [3.05, 3.63) is 35.9 Å². The van der Waals surface area contributed by atoms with Crippen LogP contribution in [0.3, 0.4) is 0 Å². The van der Waals surface area contributed by atoms with E-state index in [0.717, 1.165) is 32.5 Å². The minimum Gasteiger partial charge on any atom is -0.356 e. The van der Waals surface area contributed by atoms with Crippen LogP contribution in [0.15, 0.2) is 30.3 Å². The highest BCUT2D eigenvalue weighted by atomic mass is 16.1. The van der Waals surface area contributed by atoms with Gasteiger partial charge in [-0.2, -0.15) is 0 Å². The molecule has 1 saturated heterocycles. The number of hydrogen-bond acceptors (Lipinski definition) is 2. The third-order valence-electron chi connectivity index (χ3n) is 4.50. The molecule has 3 nitrogen and oxygen atoms in total. The van der Waals surface area contributed by atoms with Crippen LogP contribution in [0.4, 0.5) is 0 Å². The Labute approximate surface area is 128 Å². The molecule has 1 unspecified atom stereocenters. The maximum Gasteiger partial charge on any atom is 0.220 e. The summed E-state index contributed by atoms with van der Waals surface area (Å²) >= 11 is 0. The molecule has 1 aliphatic rings. The van der Waals surface area contributed by atoms with E-state index in [-0.39, 0.29) is 5.91 Å². The van der Waals surface area contributed by atoms with E-state index in [4.69, 9.17) is 0 Å². The number of amides is 1. The Morgan fingerprint density at radius 1 is 1.29 bits per heavy atom. The van der Waals surface area contributed by atoms with Gasteiger partial charge in [-0.15, -0.1) is 0 Å². The lowest BCUT2D eigenvalue weighted by molar-refractivity contribution is -0.122. The van der Waals surface area contributed by atoms with Gasteiger partial charge < -0.3 is 10.6 Å². The lowest BCUT2D eigenvalue weighted by atomic mass is 9.84. The van der Waals surface area contributed by atoms with Crippen LogP contribution in [0.2, 0.25) is 0 Å². The molecule has 21 heavy (non-hydrogen) atoms. The van der Waals surface area contributed by atoms with Crippen molar-refractivity contribution in [1.29, 1.82) is 0 Å². The van der Waals surface area contributed by atoms with Crippen molar-refractivity contribution in [2.75, 3.05) is 19.6 Å². The normalized spacial score (nSPS) is 17.4. The SMILES string of the molecule is CC(CC(=O)NCCCc1ccccc1)C1CCNCC1. The van der Waals surface area contributed by atoms with Crippen molar-refractivity contribution in [1.82, 2.24) is 10.6 Å². The second kappa shape index (κ2) is 8.83. The average molecular weight is 288 g/mol. The Morgan fingerprint density at radius 3 is 2.71 bits per heavy atom. The smallest absolute Gasteiger partial charge is 0.220 e.